The molecule has 1 rings (SSSR count). The van der Waals surface area contributed by atoms with Gasteiger partial charge in [0.15, 0.2) is 0 Å². The minimum absolute atomic E-state index is 0.643. The summed E-state index contributed by atoms with van der Waals surface area (Å²) in [4.78, 5) is 5.25. The largest absolute Gasteiger partial charge is 0.356 e. The zero-order valence-corrected chi connectivity index (χ0v) is 19.8. The van der Waals surface area contributed by atoms with E-state index >= 15 is 0 Å². The zero-order valence-electron chi connectivity index (χ0n) is 19.8. The van der Waals surface area contributed by atoms with Gasteiger partial charge in [0.25, 0.3) is 0 Å². The van der Waals surface area contributed by atoms with Gasteiger partial charge in [-0.05, 0) is 25.7 Å². The van der Waals surface area contributed by atoms with Crippen LogP contribution in [0.5, 0.6) is 0 Å². The smallest absolute Gasteiger partial charge is 0.101 e. The highest BCUT2D eigenvalue weighted by Gasteiger charge is 2.24. The number of nitrogens with zero attached hydrogens (tertiary/aromatic N) is 2. The minimum atomic E-state index is 0.643. The summed E-state index contributed by atoms with van der Waals surface area (Å²) in [5, 5.41) is 0. The van der Waals surface area contributed by atoms with Gasteiger partial charge in [0, 0.05) is 25.5 Å². The SMILES string of the molecule is CCCCCCCCCCCN1C=CN(CCC)C1CCCCCCCCC. The molecular formula is C26H52N2. The van der Waals surface area contributed by atoms with E-state index in [1.165, 1.54) is 129 Å². The van der Waals surface area contributed by atoms with Gasteiger partial charge in [-0.3, -0.25) is 0 Å². The van der Waals surface area contributed by atoms with Gasteiger partial charge in [-0.25, -0.2) is 0 Å². The Labute approximate surface area is 178 Å². The summed E-state index contributed by atoms with van der Waals surface area (Å²) in [6, 6.07) is 0. The predicted molar refractivity (Wildman–Crippen MR) is 126 cm³/mol. The maximum absolute atomic E-state index is 2.65. The van der Waals surface area contributed by atoms with Crippen LogP contribution in [0.1, 0.15) is 136 Å². The molecule has 1 atom stereocenters. The summed E-state index contributed by atoms with van der Waals surface area (Å²) in [5.41, 5.74) is 0. The summed E-state index contributed by atoms with van der Waals surface area (Å²) in [6.45, 7) is 9.38. The molecule has 1 aliphatic rings. The van der Waals surface area contributed by atoms with Crippen LogP contribution >= 0.6 is 0 Å². The van der Waals surface area contributed by atoms with Crippen LogP contribution < -0.4 is 0 Å². The first-order valence-corrected chi connectivity index (χ1v) is 13.0. The van der Waals surface area contributed by atoms with Gasteiger partial charge in [0.05, 0.1) is 0 Å². The summed E-state index contributed by atoms with van der Waals surface area (Å²) in [6.07, 6.45) is 30.7. The second-order valence-electron chi connectivity index (χ2n) is 8.99. The van der Waals surface area contributed by atoms with Crippen LogP contribution in [-0.4, -0.2) is 29.1 Å². The Morgan fingerprint density at radius 1 is 0.464 bits per heavy atom. The standard InChI is InChI=1S/C26H52N2/c1-4-7-9-11-13-14-16-18-20-23-28-25-24-27(22-6-3)26(28)21-19-17-15-12-10-8-5-2/h24-26H,4-23H2,1-3H3. The Hall–Kier alpha value is -0.660. The lowest BCUT2D eigenvalue weighted by atomic mass is 10.1. The van der Waals surface area contributed by atoms with Gasteiger partial charge >= 0.3 is 0 Å². The monoisotopic (exact) mass is 392 g/mol. The third kappa shape index (κ3) is 12.0. The maximum atomic E-state index is 2.65. The van der Waals surface area contributed by atoms with Gasteiger partial charge in [-0.2, -0.15) is 0 Å². The van der Waals surface area contributed by atoms with Crippen LogP contribution in [0.4, 0.5) is 0 Å². The van der Waals surface area contributed by atoms with Crippen molar-refractivity contribution in [3.63, 3.8) is 0 Å². The lowest BCUT2D eigenvalue weighted by Gasteiger charge is -2.33. The van der Waals surface area contributed by atoms with Crippen molar-refractivity contribution in [2.75, 3.05) is 13.1 Å². The average molecular weight is 393 g/mol. The lowest BCUT2D eigenvalue weighted by Crippen LogP contribution is -2.39. The molecule has 0 aromatic carbocycles. The molecule has 0 aromatic heterocycles. The van der Waals surface area contributed by atoms with Crippen molar-refractivity contribution in [2.24, 2.45) is 0 Å². The molecule has 166 valence electrons. The Balaban J connectivity index is 2.14. The molecular weight excluding hydrogens is 340 g/mol. The molecule has 0 aromatic rings. The quantitative estimate of drug-likeness (QED) is 0.192. The van der Waals surface area contributed by atoms with Crippen LogP contribution in [0.2, 0.25) is 0 Å². The van der Waals surface area contributed by atoms with Gasteiger partial charge in [-0.15, -0.1) is 0 Å². The van der Waals surface area contributed by atoms with Gasteiger partial charge in [-0.1, -0.05) is 111 Å². The highest BCUT2D eigenvalue weighted by atomic mass is 15.4. The highest BCUT2D eigenvalue weighted by Crippen LogP contribution is 2.23. The first-order chi connectivity index (χ1) is 13.8. The number of hydrogen-bond acceptors (Lipinski definition) is 2. The average Bonchev–Trinajstić information content (AvgIpc) is 3.08. The summed E-state index contributed by atoms with van der Waals surface area (Å²) in [7, 11) is 0. The van der Waals surface area contributed by atoms with E-state index in [9.17, 15) is 0 Å². The van der Waals surface area contributed by atoms with Crippen LogP contribution in [0, 0.1) is 0 Å². The molecule has 0 aliphatic carbocycles. The van der Waals surface area contributed by atoms with E-state index in [2.05, 4.69) is 43.0 Å². The Kier molecular flexibility index (Phi) is 16.7. The minimum Gasteiger partial charge on any atom is -0.356 e. The van der Waals surface area contributed by atoms with Crippen molar-refractivity contribution >= 4 is 0 Å². The van der Waals surface area contributed by atoms with Crippen molar-refractivity contribution in [2.45, 2.75) is 143 Å². The molecule has 0 radical (unpaired) electrons. The fraction of sp³-hybridized carbons (Fsp3) is 0.923. The molecule has 0 saturated heterocycles. The lowest BCUT2D eigenvalue weighted by molar-refractivity contribution is 0.137. The zero-order chi connectivity index (χ0) is 20.3. The van der Waals surface area contributed by atoms with Gasteiger partial charge in [0.1, 0.15) is 6.17 Å². The van der Waals surface area contributed by atoms with Crippen molar-refractivity contribution in [1.82, 2.24) is 9.80 Å². The first kappa shape index (κ1) is 25.4. The van der Waals surface area contributed by atoms with Gasteiger partial charge < -0.3 is 9.80 Å². The normalized spacial score (nSPS) is 16.5. The van der Waals surface area contributed by atoms with Crippen LogP contribution in [0.3, 0.4) is 0 Å². The molecule has 1 unspecified atom stereocenters. The van der Waals surface area contributed by atoms with Crippen LogP contribution in [0.25, 0.3) is 0 Å². The Morgan fingerprint density at radius 3 is 1.39 bits per heavy atom. The second kappa shape index (κ2) is 18.4. The third-order valence-corrected chi connectivity index (χ3v) is 6.28. The molecule has 0 spiro atoms. The number of rotatable bonds is 20. The molecule has 0 fully saturated rings. The van der Waals surface area contributed by atoms with Crippen molar-refractivity contribution in [3.8, 4) is 0 Å². The summed E-state index contributed by atoms with van der Waals surface area (Å²) in [5.74, 6) is 0. The summed E-state index contributed by atoms with van der Waals surface area (Å²) < 4.78 is 0. The van der Waals surface area contributed by atoms with E-state index in [1.807, 2.05) is 0 Å². The molecule has 1 heterocycles. The van der Waals surface area contributed by atoms with E-state index in [4.69, 9.17) is 0 Å². The highest BCUT2D eigenvalue weighted by molar-refractivity contribution is 4.96. The van der Waals surface area contributed by atoms with E-state index in [0.29, 0.717) is 6.17 Å². The second-order valence-corrected chi connectivity index (χ2v) is 8.99. The van der Waals surface area contributed by atoms with E-state index in [0.717, 1.165) is 0 Å². The Bertz CT molecular complexity index is 352. The molecule has 0 bridgehead atoms. The maximum Gasteiger partial charge on any atom is 0.101 e. The molecule has 28 heavy (non-hydrogen) atoms. The molecule has 0 saturated carbocycles. The molecule has 0 N–H and O–H groups in total. The topological polar surface area (TPSA) is 6.48 Å². The molecule has 1 aliphatic heterocycles. The number of hydrogen-bond donors (Lipinski definition) is 0. The van der Waals surface area contributed by atoms with Crippen molar-refractivity contribution < 1.29 is 0 Å². The fourth-order valence-corrected chi connectivity index (χ4v) is 4.49. The first-order valence-electron chi connectivity index (χ1n) is 13.0. The van der Waals surface area contributed by atoms with E-state index < -0.39 is 0 Å². The van der Waals surface area contributed by atoms with E-state index in [1.54, 1.807) is 0 Å². The van der Waals surface area contributed by atoms with Crippen LogP contribution in [-0.2, 0) is 0 Å². The Morgan fingerprint density at radius 2 is 0.893 bits per heavy atom. The third-order valence-electron chi connectivity index (χ3n) is 6.28. The van der Waals surface area contributed by atoms with Crippen LogP contribution in [0.15, 0.2) is 12.4 Å². The fourth-order valence-electron chi connectivity index (χ4n) is 4.49. The number of unbranched alkanes of at least 4 members (excludes halogenated alkanes) is 14. The van der Waals surface area contributed by atoms with E-state index in [-0.39, 0.29) is 0 Å². The van der Waals surface area contributed by atoms with Gasteiger partial charge in [0.2, 0.25) is 0 Å². The summed E-state index contributed by atoms with van der Waals surface area (Å²) >= 11 is 0. The van der Waals surface area contributed by atoms with Crippen molar-refractivity contribution in [3.05, 3.63) is 12.4 Å². The predicted octanol–water partition coefficient (Wildman–Crippen LogP) is 8.48. The van der Waals surface area contributed by atoms with Crippen molar-refractivity contribution in [1.29, 1.82) is 0 Å². The molecule has 2 heteroatoms. The molecule has 0 amide bonds. The molecule has 2 nitrogen and oxygen atoms in total.